The Hall–Kier alpha value is -0.540. The van der Waals surface area contributed by atoms with Crippen molar-refractivity contribution in [3.8, 4) is 0 Å². The first-order valence-corrected chi connectivity index (χ1v) is 7.95. The number of hydrogen-bond acceptors (Lipinski definition) is 0. The number of halogens is 2. The molecule has 2 rings (SSSR count). The molecule has 100 valence electrons. The predicted octanol–water partition coefficient (Wildman–Crippen LogP) is 5.74. The van der Waals surface area contributed by atoms with E-state index in [4.69, 9.17) is 11.6 Å². The summed E-state index contributed by atoms with van der Waals surface area (Å²) in [4.78, 5) is 0. The fourth-order valence-electron chi connectivity index (χ4n) is 2.24. The molecule has 0 aliphatic rings. The first-order valence-electron chi connectivity index (χ1n) is 6.44. The summed E-state index contributed by atoms with van der Waals surface area (Å²) in [6.45, 7) is 6.41. The van der Waals surface area contributed by atoms with E-state index in [1.807, 2.05) is 0 Å². The van der Waals surface area contributed by atoms with Gasteiger partial charge in [0.15, 0.2) is 0 Å². The van der Waals surface area contributed by atoms with Crippen LogP contribution in [0.15, 0.2) is 36.4 Å². The molecule has 0 spiro atoms. The molecule has 2 aromatic rings. The molecule has 0 bridgehead atoms. The van der Waals surface area contributed by atoms with Crippen molar-refractivity contribution in [3.63, 3.8) is 0 Å². The molecule has 0 aliphatic heterocycles. The van der Waals surface area contributed by atoms with Crippen molar-refractivity contribution >= 4 is 34.2 Å². The molecule has 0 aromatic heterocycles. The first-order chi connectivity index (χ1) is 8.99. The van der Waals surface area contributed by atoms with Crippen LogP contribution in [0.5, 0.6) is 0 Å². The molecule has 0 N–H and O–H groups in total. The molecule has 0 nitrogen and oxygen atoms in total. The quantitative estimate of drug-likeness (QED) is 0.467. The van der Waals surface area contributed by atoms with Gasteiger partial charge in [-0.25, -0.2) is 0 Å². The topological polar surface area (TPSA) is 0 Å². The fraction of sp³-hybridized carbons (Fsp3) is 0.294. The van der Waals surface area contributed by atoms with Crippen LogP contribution >= 0.6 is 34.2 Å². The zero-order chi connectivity index (χ0) is 14.0. The summed E-state index contributed by atoms with van der Waals surface area (Å²) in [5.41, 5.74) is 6.49. The van der Waals surface area contributed by atoms with Crippen LogP contribution in [-0.4, -0.2) is 0 Å². The maximum absolute atomic E-state index is 6.64. The van der Waals surface area contributed by atoms with E-state index in [2.05, 4.69) is 79.8 Å². The molecule has 0 radical (unpaired) electrons. The average molecular weight is 385 g/mol. The van der Waals surface area contributed by atoms with E-state index in [0.717, 1.165) is 6.42 Å². The minimum atomic E-state index is 0.0345. The van der Waals surface area contributed by atoms with Gasteiger partial charge in [0.05, 0.1) is 5.38 Å². The lowest BCUT2D eigenvalue weighted by Crippen LogP contribution is -2.01. The van der Waals surface area contributed by atoms with Crippen molar-refractivity contribution in [3.05, 3.63) is 67.8 Å². The van der Waals surface area contributed by atoms with E-state index in [1.165, 1.54) is 31.4 Å². The summed E-state index contributed by atoms with van der Waals surface area (Å²) in [5.74, 6) is 0. The molecule has 19 heavy (non-hydrogen) atoms. The number of benzene rings is 2. The maximum atomic E-state index is 6.64. The Bertz CT molecular complexity index is 590. The molecular formula is C17H18ClI. The van der Waals surface area contributed by atoms with Gasteiger partial charge < -0.3 is 0 Å². The number of aryl methyl sites for hydroxylation is 3. The normalized spacial score (nSPS) is 12.5. The average Bonchev–Trinajstić information content (AvgIpc) is 2.37. The summed E-state index contributed by atoms with van der Waals surface area (Å²) >= 11 is 9.03. The summed E-state index contributed by atoms with van der Waals surface area (Å²) in [7, 11) is 0. The van der Waals surface area contributed by atoms with Gasteiger partial charge in [-0.15, -0.1) is 11.6 Å². The van der Waals surface area contributed by atoms with Crippen molar-refractivity contribution in [1.29, 1.82) is 0 Å². The third kappa shape index (κ3) is 3.51. The number of alkyl halides is 1. The molecular weight excluding hydrogens is 367 g/mol. The van der Waals surface area contributed by atoms with Gasteiger partial charge in [-0.1, -0.05) is 42.0 Å². The SMILES string of the molecule is Cc1ccc(C)c(CC(Cl)c2cccc(C)c2I)c1. The molecule has 0 saturated heterocycles. The molecule has 0 aliphatic carbocycles. The molecule has 2 aromatic carbocycles. The maximum Gasteiger partial charge on any atom is 0.0636 e. The first kappa shape index (κ1) is 14.9. The second-order valence-corrected chi connectivity index (χ2v) is 6.69. The monoisotopic (exact) mass is 384 g/mol. The van der Waals surface area contributed by atoms with E-state index < -0.39 is 0 Å². The van der Waals surface area contributed by atoms with Crippen LogP contribution in [-0.2, 0) is 6.42 Å². The molecule has 0 amide bonds. The summed E-state index contributed by atoms with van der Waals surface area (Å²) in [6.07, 6.45) is 0.883. The smallest absolute Gasteiger partial charge is 0.0636 e. The highest BCUT2D eigenvalue weighted by Gasteiger charge is 2.14. The molecule has 1 unspecified atom stereocenters. The highest BCUT2D eigenvalue weighted by Crippen LogP contribution is 2.31. The van der Waals surface area contributed by atoms with Gasteiger partial charge in [-0.3, -0.25) is 0 Å². The zero-order valence-electron chi connectivity index (χ0n) is 11.5. The van der Waals surface area contributed by atoms with Gasteiger partial charge in [0.2, 0.25) is 0 Å². The Balaban J connectivity index is 2.28. The highest BCUT2D eigenvalue weighted by molar-refractivity contribution is 14.1. The minimum absolute atomic E-state index is 0.0345. The van der Waals surface area contributed by atoms with Crippen molar-refractivity contribution in [2.24, 2.45) is 0 Å². The Morgan fingerprint density at radius 1 is 1.05 bits per heavy atom. The third-order valence-electron chi connectivity index (χ3n) is 3.46. The fourth-order valence-corrected chi connectivity index (χ4v) is 3.50. The van der Waals surface area contributed by atoms with Gasteiger partial charge in [0.25, 0.3) is 0 Å². The molecule has 0 saturated carbocycles. The Labute approximate surface area is 134 Å². The Kier molecular flexibility index (Phi) is 4.91. The second-order valence-electron chi connectivity index (χ2n) is 5.08. The van der Waals surface area contributed by atoms with Crippen LogP contribution in [0, 0.1) is 24.3 Å². The van der Waals surface area contributed by atoms with Gasteiger partial charge in [0.1, 0.15) is 0 Å². The lowest BCUT2D eigenvalue weighted by atomic mass is 9.98. The molecule has 0 heterocycles. The van der Waals surface area contributed by atoms with Gasteiger partial charge in [0, 0.05) is 3.57 Å². The van der Waals surface area contributed by atoms with Crippen molar-refractivity contribution < 1.29 is 0 Å². The van der Waals surface area contributed by atoms with E-state index in [0.29, 0.717) is 0 Å². The molecule has 1 atom stereocenters. The van der Waals surface area contributed by atoms with Crippen molar-refractivity contribution in [1.82, 2.24) is 0 Å². The Morgan fingerprint density at radius 2 is 1.79 bits per heavy atom. The lowest BCUT2D eigenvalue weighted by Gasteiger charge is -2.15. The third-order valence-corrected chi connectivity index (χ3v) is 5.33. The van der Waals surface area contributed by atoms with Crippen LogP contribution in [0.1, 0.15) is 33.2 Å². The predicted molar refractivity (Wildman–Crippen MR) is 92.1 cm³/mol. The van der Waals surface area contributed by atoms with E-state index >= 15 is 0 Å². The van der Waals surface area contributed by atoms with Crippen molar-refractivity contribution in [2.75, 3.05) is 0 Å². The van der Waals surface area contributed by atoms with E-state index in [1.54, 1.807) is 0 Å². The summed E-state index contributed by atoms with van der Waals surface area (Å²) < 4.78 is 1.28. The standard InChI is InChI=1S/C17H18ClI/c1-11-7-8-12(2)14(9-11)10-16(18)15-6-4-5-13(3)17(15)19/h4-9,16H,10H2,1-3H3. The summed E-state index contributed by atoms with van der Waals surface area (Å²) in [5, 5.41) is 0.0345. The van der Waals surface area contributed by atoms with Crippen molar-refractivity contribution in [2.45, 2.75) is 32.6 Å². The van der Waals surface area contributed by atoms with Crippen LogP contribution in [0.3, 0.4) is 0 Å². The minimum Gasteiger partial charge on any atom is -0.117 e. The van der Waals surface area contributed by atoms with Gasteiger partial charge >= 0.3 is 0 Å². The Morgan fingerprint density at radius 3 is 2.53 bits per heavy atom. The van der Waals surface area contributed by atoms with Crippen LogP contribution < -0.4 is 0 Å². The van der Waals surface area contributed by atoms with Crippen LogP contribution in [0.2, 0.25) is 0 Å². The van der Waals surface area contributed by atoms with Gasteiger partial charge in [-0.05, 0) is 72.0 Å². The highest BCUT2D eigenvalue weighted by atomic mass is 127. The van der Waals surface area contributed by atoms with Crippen LogP contribution in [0.25, 0.3) is 0 Å². The van der Waals surface area contributed by atoms with Gasteiger partial charge in [-0.2, -0.15) is 0 Å². The largest absolute Gasteiger partial charge is 0.117 e. The van der Waals surface area contributed by atoms with E-state index in [9.17, 15) is 0 Å². The van der Waals surface area contributed by atoms with E-state index in [-0.39, 0.29) is 5.38 Å². The molecule has 2 heteroatoms. The lowest BCUT2D eigenvalue weighted by molar-refractivity contribution is 0.901. The van der Waals surface area contributed by atoms with Crippen LogP contribution in [0.4, 0.5) is 0 Å². The number of hydrogen-bond donors (Lipinski definition) is 0. The molecule has 0 fully saturated rings. The number of rotatable bonds is 3. The zero-order valence-corrected chi connectivity index (χ0v) is 14.4. The second kappa shape index (κ2) is 6.27. The summed E-state index contributed by atoms with van der Waals surface area (Å²) in [6, 6.07) is 12.9.